The van der Waals surface area contributed by atoms with Crippen LogP contribution < -0.4 is 10.5 Å². The molecule has 0 atom stereocenters. The maximum absolute atomic E-state index is 12.2. The second-order valence-electron chi connectivity index (χ2n) is 4.52. The summed E-state index contributed by atoms with van der Waals surface area (Å²) >= 11 is 4.91. The summed E-state index contributed by atoms with van der Waals surface area (Å²) in [6, 6.07) is 8.19. The van der Waals surface area contributed by atoms with Crippen molar-refractivity contribution in [3.63, 3.8) is 0 Å². The molecule has 0 saturated carbocycles. The lowest BCUT2D eigenvalue weighted by atomic mass is 10.1. The average Bonchev–Trinajstić information content (AvgIpc) is 2.46. The van der Waals surface area contributed by atoms with Crippen LogP contribution in [0.15, 0.2) is 47.6 Å². The van der Waals surface area contributed by atoms with Crippen LogP contribution in [-0.2, 0) is 16.6 Å². The fourth-order valence-electron chi connectivity index (χ4n) is 1.84. The lowest BCUT2D eigenvalue weighted by molar-refractivity contribution is 0.581. The van der Waals surface area contributed by atoms with Gasteiger partial charge in [0.2, 0.25) is 10.0 Å². The summed E-state index contributed by atoms with van der Waals surface area (Å²) in [6.07, 6.45) is 3.23. The molecule has 2 rings (SSSR count). The number of aryl methyl sites for hydroxylation is 1. The van der Waals surface area contributed by atoms with Crippen molar-refractivity contribution < 1.29 is 8.42 Å². The first kappa shape index (κ1) is 15.6. The molecule has 0 radical (unpaired) electrons. The lowest BCUT2D eigenvalue weighted by Crippen LogP contribution is -2.23. The zero-order chi connectivity index (χ0) is 15.5. The van der Waals surface area contributed by atoms with Gasteiger partial charge in [-0.2, -0.15) is 0 Å². The molecule has 21 heavy (non-hydrogen) atoms. The zero-order valence-electron chi connectivity index (χ0n) is 11.4. The van der Waals surface area contributed by atoms with Gasteiger partial charge in [-0.15, -0.1) is 0 Å². The lowest BCUT2D eigenvalue weighted by Gasteiger charge is -2.09. The molecule has 5 nitrogen and oxygen atoms in total. The minimum atomic E-state index is -3.58. The third-order valence-corrected chi connectivity index (χ3v) is 4.61. The predicted octanol–water partition coefficient (Wildman–Crippen LogP) is 1.50. The van der Waals surface area contributed by atoms with Crippen molar-refractivity contribution in [2.45, 2.75) is 18.4 Å². The van der Waals surface area contributed by atoms with E-state index in [-0.39, 0.29) is 16.4 Å². The molecule has 0 unspecified atom stereocenters. The Morgan fingerprint density at radius 2 is 1.95 bits per heavy atom. The van der Waals surface area contributed by atoms with Crippen LogP contribution in [0.2, 0.25) is 0 Å². The summed E-state index contributed by atoms with van der Waals surface area (Å²) in [5.41, 5.74) is 7.82. The predicted molar refractivity (Wildman–Crippen MR) is 85.3 cm³/mol. The van der Waals surface area contributed by atoms with Crippen molar-refractivity contribution >= 4 is 27.2 Å². The molecule has 1 aromatic heterocycles. The fourth-order valence-corrected chi connectivity index (χ4v) is 3.17. The Morgan fingerprint density at radius 1 is 1.29 bits per heavy atom. The highest BCUT2D eigenvalue weighted by molar-refractivity contribution is 7.89. The molecule has 0 aliphatic heterocycles. The number of sulfonamides is 1. The maximum Gasteiger partial charge on any atom is 0.240 e. The van der Waals surface area contributed by atoms with E-state index in [2.05, 4.69) is 9.71 Å². The van der Waals surface area contributed by atoms with Gasteiger partial charge in [0.05, 0.1) is 4.90 Å². The highest BCUT2D eigenvalue weighted by Gasteiger charge is 2.15. The number of thiocarbonyl (C=S) groups is 1. The van der Waals surface area contributed by atoms with Crippen LogP contribution in [0.1, 0.15) is 16.7 Å². The molecule has 0 spiro atoms. The number of nitrogens with zero attached hydrogens (tertiary/aromatic N) is 1. The summed E-state index contributed by atoms with van der Waals surface area (Å²) in [4.78, 5) is 4.32. The van der Waals surface area contributed by atoms with Crippen molar-refractivity contribution in [2.24, 2.45) is 5.73 Å². The first-order chi connectivity index (χ1) is 9.90. The van der Waals surface area contributed by atoms with E-state index in [0.29, 0.717) is 5.56 Å². The Bertz CT molecular complexity index is 759. The fraction of sp³-hybridized carbons (Fsp3) is 0.143. The molecule has 1 heterocycles. The van der Waals surface area contributed by atoms with E-state index >= 15 is 0 Å². The maximum atomic E-state index is 12.2. The molecule has 1 aromatic carbocycles. The van der Waals surface area contributed by atoms with E-state index in [0.717, 1.165) is 11.1 Å². The number of hydrogen-bond acceptors (Lipinski definition) is 4. The van der Waals surface area contributed by atoms with E-state index in [1.165, 1.54) is 6.07 Å². The molecule has 2 aromatic rings. The van der Waals surface area contributed by atoms with Crippen LogP contribution in [0.4, 0.5) is 0 Å². The summed E-state index contributed by atoms with van der Waals surface area (Å²) in [5.74, 6) is 0. The highest BCUT2D eigenvalue weighted by Crippen LogP contribution is 2.15. The number of rotatable bonds is 5. The largest absolute Gasteiger partial charge is 0.389 e. The van der Waals surface area contributed by atoms with Gasteiger partial charge in [0.1, 0.15) is 4.99 Å². The first-order valence-corrected chi connectivity index (χ1v) is 8.08. The normalized spacial score (nSPS) is 11.3. The summed E-state index contributed by atoms with van der Waals surface area (Å²) in [7, 11) is -3.58. The Labute approximate surface area is 129 Å². The Balaban J connectivity index is 2.20. The van der Waals surface area contributed by atoms with Gasteiger partial charge in [-0.25, -0.2) is 13.1 Å². The zero-order valence-corrected chi connectivity index (χ0v) is 13.0. The second-order valence-corrected chi connectivity index (χ2v) is 6.73. The second kappa shape index (κ2) is 6.30. The van der Waals surface area contributed by atoms with Crippen LogP contribution in [0.3, 0.4) is 0 Å². The molecule has 0 aliphatic rings. The topological polar surface area (TPSA) is 85.1 Å². The van der Waals surface area contributed by atoms with E-state index in [4.69, 9.17) is 18.0 Å². The molecular weight excluding hydrogens is 306 g/mol. The van der Waals surface area contributed by atoms with Crippen LogP contribution >= 0.6 is 12.2 Å². The van der Waals surface area contributed by atoms with Gasteiger partial charge >= 0.3 is 0 Å². The van der Waals surface area contributed by atoms with Gasteiger partial charge in [-0.3, -0.25) is 4.98 Å². The summed E-state index contributed by atoms with van der Waals surface area (Å²) in [6.45, 7) is 1.98. The monoisotopic (exact) mass is 321 g/mol. The Hall–Kier alpha value is -1.83. The summed E-state index contributed by atoms with van der Waals surface area (Å²) < 4.78 is 27.0. The van der Waals surface area contributed by atoms with E-state index in [9.17, 15) is 8.42 Å². The number of benzene rings is 1. The Kier molecular flexibility index (Phi) is 4.66. The molecule has 0 saturated heterocycles. The van der Waals surface area contributed by atoms with Crippen LogP contribution in [0.5, 0.6) is 0 Å². The van der Waals surface area contributed by atoms with Crippen molar-refractivity contribution in [2.75, 3.05) is 0 Å². The van der Waals surface area contributed by atoms with Crippen molar-refractivity contribution in [1.29, 1.82) is 0 Å². The third-order valence-electron chi connectivity index (χ3n) is 2.99. The number of nitrogens with one attached hydrogen (secondary N) is 1. The van der Waals surface area contributed by atoms with Gasteiger partial charge < -0.3 is 5.73 Å². The van der Waals surface area contributed by atoms with Crippen molar-refractivity contribution in [3.8, 4) is 0 Å². The van der Waals surface area contributed by atoms with Crippen LogP contribution in [-0.4, -0.2) is 18.4 Å². The molecule has 0 amide bonds. The van der Waals surface area contributed by atoms with E-state index in [1.807, 2.05) is 0 Å². The van der Waals surface area contributed by atoms with E-state index < -0.39 is 10.0 Å². The number of nitrogens with two attached hydrogens (primary N) is 1. The van der Waals surface area contributed by atoms with Crippen molar-refractivity contribution in [3.05, 3.63) is 59.4 Å². The smallest absolute Gasteiger partial charge is 0.240 e. The van der Waals surface area contributed by atoms with Crippen LogP contribution in [0, 0.1) is 6.92 Å². The number of aromatic nitrogens is 1. The molecule has 7 heteroatoms. The van der Waals surface area contributed by atoms with Gasteiger partial charge in [0.25, 0.3) is 0 Å². The molecule has 3 N–H and O–H groups in total. The molecule has 110 valence electrons. The van der Waals surface area contributed by atoms with Gasteiger partial charge in [0, 0.05) is 24.5 Å². The standard InChI is InChI=1S/C14H15N3O2S2/c1-10-8-12(2-3-13(10)14(15)20)21(18,19)17-9-11-4-6-16-7-5-11/h2-8,17H,9H2,1H3,(H2,15,20). The molecular formula is C14H15N3O2S2. The van der Waals surface area contributed by atoms with Gasteiger partial charge in [-0.1, -0.05) is 18.3 Å². The number of hydrogen-bond donors (Lipinski definition) is 2. The van der Waals surface area contributed by atoms with E-state index in [1.54, 1.807) is 43.6 Å². The molecule has 0 bridgehead atoms. The highest BCUT2D eigenvalue weighted by atomic mass is 32.2. The Morgan fingerprint density at radius 3 is 2.52 bits per heavy atom. The number of pyridine rings is 1. The summed E-state index contributed by atoms with van der Waals surface area (Å²) in [5, 5.41) is 0. The SMILES string of the molecule is Cc1cc(S(=O)(=O)NCc2ccncc2)ccc1C(N)=S. The van der Waals surface area contributed by atoms with Crippen LogP contribution in [0.25, 0.3) is 0 Å². The van der Waals surface area contributed by atoms with Gasteiger partial charge in [-0.05, 0) is 42.3 Å². The molecule has 0 fully saturated rings. The van der Waals surface area contributed by atoms with Crippen molar-refractivity contribution in [1.82, 2.24) is 9.71 Å². The first-order valence-electron chi connectivity index (χ1n) is 6.19. The molecule has 0 aliphatic carbocycles. The van der Waals surface area contributed by atoms with Gasteiger partial charge in [0.15, 0.2) is 0 Å². The minimum Gasteiger partial charge on any atom is -0.389 e. The third kappa shape index (κ3) is 3.84. The quantitative estimate of drug-likeness (QED) is 0.815. The average molecular weight is 321 g/mol. The minimum absolute atomic E-state index is 0.189.